The van der Waals surface area contributed by atoms with Crippen molar-refractivity contribution in [2.75, 3.05) is 19.6 Å². The van der Waals surface area contributed by atoms with Crippen molar-refractivity contribution >= 4 is 32.3 Å². The second kappa shape index (κ2) is 8.84. The highest BCUT2D eigenvalue weighted by molar-refractivity contribution is 7.23. The number of thiazole rings is 1. The number of nitrogens with zero attached hydrogens (tertiary/aromatic N) is 4. The molecule has 0 bridgehead atoms. The second-order valence-corrected chi connectivity index (χ2v) is 8.22. The van der Waals surface area contributed by atoms with Crippen molar-refractivity contribution in [1.29, 1.82) is 0 Å². The first-order valence-corrected chi connectivity index (χ1v) is 11.1. The molecule has 0 atom stereocenters. The zero-order valence-electron chi connectivity index (χ0n) is 17.0. The van der Waals surface area contributed by atoms with E-state index in [0.29, 0.717) is 6.42 Å². The number of hydrogen-bond acceptors (Lipinski definition) is 5. The van der Waals surface area contributed by atoms with Crippen LogP contribution in [0.4, 0.5) is 0 Å². The molecule has 0 fully saturated rings. The number of carbonyl (C=O) groups excluding carboxylic acids is 1. The number of fused-ring (bicyclic) bond motifs is 3. The summed E-state index contributed by atoms with van der Waals surface area (Å²) in [5.74, 6) is 0.231. The van der Waals surface area contributed by atoms with Crippen LogP contribution in [-0.4, -0.2) is 44.7 Å². The molecular weight excluding hydrogens is 380 g/mol. The predicted octanol–water partition coefficient (Wildman–Crippen LogP) is 5.31. The monoisotopic (exact) mass is 406 g/mol. The summed E-state index contributed by atoms with van der Waals surface area (Å²) in [5, 5.41) is 0. The Morgan fingerprint density at radius 1 is 1.10 bits per heavy atom. The molecule has 3 aromatic heterocycles. The van der Waals surface area contributed by atoms with Crippen LogP contribution in [0.2, 0.25) is 0 Å². The van der Waals surface area contributed by atoms with Crippen molar-refractivity contribution in [1.82, 2.24) is 19.3 Å². The van der Waals surface area contributed by atoms with Gasteiger partial charge in [0.05, 0.1) is 15.9 Å². The van der Waals surface area contributed by atoms with Crippen LogP contribution in [0.5, 0.6) is 0 Å². The second-order valence-electron chi connectivity index (χ2n) is 7.21. The number of pyridine rings is 1. The van der Waals surface area contributed by atoms with Gasteiger partial charge in [0.25, 0.3) is 0 Å². The van der Waals surface area contributed by atoms with Gasteiger partial charge in [0, 0.05) is 36.1 Å². The van der Waals surface area contributed by atoms with Crippen LogP contribution < -0.4 is 0 Å². The third-order valence-electron chi connectivity index (χ3n) is 5.41. The van der Waals surface area contributed by atoms with Crippen molar-refractivity contribution in [3.63, 3.8) is 0 Å². The maximum atomic E-state index is 12.6. The first-order valence-electron chi connectivity index (χ1n) is 10.3. The number of benzene rings is 1. The number of rotatable bonds is 9. The molecule has 0 aliphatic carbocycles. The van der Waals surface area contributed by atoms with Crippen LogP contribution in [0.25, 0.3) is 26.4 Å². The maximum absolute atomic E-state index is 12.6. The summed E-state index contributed by atoms with van der Waals surface area (Å²) in [6, 6.07) is 9.94. The van der Waals surface area contributed by atoms with Gasteiger partial charge in [-0.1, -0.05) is 25.2 Å². The topological polar surface area (TPSA) is 50.5 Å². The van der Waals surface area contributed by atoms with Crippen molar-refractivity contribution in [2.24, 2.45) is 0 Å². The fourth-order valence-corrected chi connectivity index (χ4v) is 4.69. The number of hydrogen-bond donors (Lipinski definition) is 0. The number of Topliss-reactive ketones (excluding diaryl/α,β-unsaturated/α-hetero) is 1. The number of imidazole rings is 1. The fraction of sp³-hybridized carbons (Fsp3) is 0.348. The minimum atomic E-state index is 0.231. The lowest BCUT2D eigenvalue weighted by molar-refractivity contribution is 0.0978. The van der Waals surface area contributed by atoms with Crippen LogP contribution in [0.1, 0.15) is 43.5 Å². The minimum Gasteiger partial charge on any atom is -0.304 e. The largest absolute Gasteiger partial charge is 0.304 e. The Kier molecular flexibility index (Phi) is 6.02. The van der Waals surface area contributed by atoms with Crippen molar-refractivity contribution in [3.8, 4) is 11.3 Å². The van der Waals surface area contributed by atoms with Crippen molar-refractivity contribution < 1.29 is 4.79 Å². The average molecular weight is 407 g/mol. The summed E-state index contributed by atoms with van der Waals surface area (Å²) in [6.45, 7) is 7.58. The third-order valence-corrected chi connectivity index (χ3v) is 6.43. The average Bonchev–Trinajstić information content (AvgIpc) is 3.32. The highest BCUT2D eigenvalue weighted by Gasteiger charge is 2.13. The molecule has 0 saturated heterocycles. The molecule has 4 rings (SSSR count). The molecule has 6 heteroatoms. The van der Waals surface area contributed by atoms with E-state index in [4.69, 9.17) is 4.98 Å². The first-order chi connectivity index (χ1) is 14.2. The molecule has 29 heavy (non-hydrogen) atoms. The van der Waals surface area contributed by atoms with Gasteiger partial charge in [-0.15, -0.1) is 0 Å². The Balaban J connectivity index is 1.47. The van der Waals surface area contributed by atoms with E-state index >= 15 is 0 Å². The molecule has 0 unspecified atom stereocenters. The first kappa shape index (κ1) is 19.7. The smallest absolute Gasteiger partial charge is 0.195 e. The van der Waals surface area contributed by atoms with Gasteiger partial charge in [0.1, 0.15) is 0 Å². The van der Waals surface area contributed by atoms with Crippen LogP contribution in [0.3, 0.4) is 0 Å². The molecule has 3 heterocycles. The molecule has 5 nitrogen and oxygen atoms in total. The van der Waals surface area contributed by atoms with Gasteiger partial charge in [-0.25, -0.2) is 4.98 Å². The molecule has 0 aliphatic rings. The summed E-state index contributed by atoms with van der Waals surface area (Å²) < 4.78 is 3.21. The van der Waals surface area contributed by atoms with Gasteiger partial charge in [-0.2, -0.15) is 0 Å². The van der Waals surface area contributed by atoms with Crippen LogP contribution in [0, 0.1) is 0 Å². The van der Waals surface area contributed by atoms with Crippen molar-refractivity contribution in [2.45, 2.75) is 33.1 Å². The van der Waals surface area contributed by atoms with E-state index in [-0.39, 0.29) is 5.78 Å². The lowest BCUT2D eigenvalue weighted by atomic mass is 10.1. The van der Waals surface area contributed by atoms with Crippen molar-refractivity contribution in [3.05, 3.63) is 54.5 Å². The lowest BCUT2D eigenvalue weighted by Crippen LogP contribution is -2.24. The number of unbranched alkanes of at least 4 members (excludes halogenated alkanes) is 1. The van der Waals surface area contributed by atoms with E-state index in [1.165, 1.54) is 0 Å². The molecular formula is C23H26N4OS. The van der Waals surface area contributed by atoms with E-state index in [1.807, 2.05) is 30.3 Å². The molecule has 0 aliphatic heterocycles. The summed E-state index contributed by atoms with van der Waals surface area (Å²) in [5.41, 5.74) is 3.89. The molecule has 0 spiro atoms. The van der Waals surface area contributed by atoms with E-state index < -0.39 is 0 Å². The molecule has 1 aromatic carbocycles. The van der Waals surface area contributed by atoms with Crippen LogP contribution in [-0.2, 0) is 0 Å². The van der Waals surface area contributed by atoms with Gasteiger partial charge in [0.2, 0.25) is 0 Å². The normalized spacial score (nSPS) is 11.7. The zero-order valence-corrected chi connectivity index (χ0v) is 17.8. The fourth-order valence-electron chi connectivity index (χ4n) is 3.64. The van der Waals surface area contributed by atoms with E-state index in [0.717, 1.165) is 64.5 Å². The summed E-state index contributed by atoms with van der Waals surface area (Å²) in [6.07, 6.45) is 8.23. The summed E-state index contributed by atoms with van der Waals surface area (Å²) >= 11 is 1.62. The molecule has 0 amide bonds. The molecule has 0 N–H and O–H groups in total. The predicted molar refractivity (Wildman–Crippen MR) is 120 cm³/mol. The number of aromatic nitrogens is 3. The molecule has 150 valence electrons. The molecule has 0 saturated carbocycles. The maximum Gasteiger partial charge on any atom is 0.195 e. The van der Waals surface area contributed by atoms with Crippen LogP contribution >= 0.6 is 11.3 Å². The Morgan fingerprint density at radius 2 is 1.90 bits per heavy atom. The lowest BCUT2D eigenvalue weighted by Gasteiger charge is -2.17. The zero-order chi connectivity index (χ0) is 20.2. The van der Waals surface area contributed by atoms with Gasteiger partial charge < -0.3 is 4.90 Å². The molecule has 0 radical (unpaired) electrons. The minimum absolute atomic E-state index is 0.231. The quantitative estimate of drug-likeness (QED) is 0.279. The standard InChI is InChI=1S/C23H26N4OS/c1-3-26(4-2)14-6-5-7-21(28)18-8-9-20-22(15-18)29-23-25-19(16-27(20)23)17-10-12-24-13-11-17/h8-13,15-16H,3-7,14H2,1-2H3. The van der Waals surface area contributed by atoms with Gasteiger partial charge in [-0.3, -0.25) is 14.2 Å². The van der Waals surface area contributed by atoms with E-state index in [9.17, 15) is 4.79 Å². The Morgan fingerprint density at radius 3 is 2.66 bits per heavy atom. The Bertz CT molecular complexity index is 1110. The van der Waals surface area contributed by atoms with E-state index in [1.54, 1.807) is 23.7 Å². The SMILES string of the molecule is CCN(CC)CCCCC(=O)c1ccc2c(c1)sc1nc(-c3ccncc3)cn12. The van der Waals surface area contributed by atoms with Gasteiger partial charge in [0.15, 0.2) is 10.7 Å². The van der Waals surface area contributed by atoms with Crippen LogP contribution in [0.15, 0.2) is 48.9 Å². The highest BCUT2D eigenvalue weighted by Crippen LogP contribution is 2.30. The number of carbonyl (C=O) groups is 1. The molecule has 4 aromatic rings. The van der Waals surface area contributed by atoms with Gasteiger partial charge in [-0.05, 0) is 62.8 Å². The summed E-state index contributed by atoms with van der Waals surface area (Å²) in [7, 11) is 0. The van der Waals surface area contributed by atoms with E-state index in [2.05, 4.69) is 34.3 Å². The Labute approximate surface area is 175 Å². The third kappa shape index (κ3) is 4.23. The summed E-state index contributed by atoms with van der Waals surface area (Å²) in [4.78, 5) is 24.8. The highest BCUT2D eigenvalue weighted by atomic mass is 32.1. The number of ketones is 1. The Hall–Kier alpha value is -2.57. The van der Waals surface area contributed by atoms with Gasteiger partial charge >= 0.3 is 0 Å².